The van der Waals surface area contributed by atoms with Crippen LogP contribution in [0.2, 0.25) is 10.0 Å². The predicted octanol–water partition coefficient (Wildman–Crippen LogP) is 8.39. The minimum atomic E-state index is -0.930. The number of alkyl halides is 1. The molecule has 0 aromatic heterocycles. The molecule has 1 aliphatic rings. The van der Waals surface area contributed by atoms with E-state index in [1.807, 2.05) is 45.2 Å². The van der Waals surface area contributed by atoms with E-state index in [-0.39, 0.29) is 23.7 Å². The summed E-state index contributed by atoms with van der Waals surface area (Å²) in [5.41, 5.74) is 3.07. The molecule has 2 N–H and O–H groups in total. The van der Waals surface area contributed by atoms with Crippen molar-refractivity contribution < 1.29 is 9.18 Å². The molecule has 1 saturated carbocycles. The summed E-state index contributed by atoms with van der Waals surface area (Å²) in [6, 6.07) is 5.65. The number of nitrogens with one attached hydrogen (secondary N) is 2. The second kappa shape index (κ2) is 16.4. The third-order valence-electron chi connectivity index (χ3n) is 7.14. The van der Waals surface area contributed by atoms with Crippen LogP contribution in [0.4, 0.5) is 4.39 Å². The van der Waals surface area contributed by atoms with Crippen molar-refractivity contribution in [3.05, 3.63) is 81.0 Å². The highest BCUT2D eigenvalue weighted by Gasteiger charge is 2.42. The molecule has 3 nitrogen and oxygen atoms in total. The van der Waals surface area contributed by atoms with Crippen LogP contribution >= 0.6 is 34.8 Å². The first kappa shape index (κ1) is 31.6. The number of aldehydes is 1. The first-order valence-electron chi connectivity index (χ1n) is 13.0. The van der Waals surface area contributed by atoms with Crippen LogP contribution < -0.4 is 10.6 Å². The van der Waals surface area contributed by atoms with E-state index >= 15 is 0 Å². The minimum Gasteiger partial charge on any atom is -0.391 e. The van der Waals surface area contributed by atoms with E-state index in [1.54, 1.807) is 18.2 Å². The highest BCUT2D eigenvalue weighted by Crippen LogP contribution is 2.48. The summed E-state index contributed by atoms with van der Waals surface area (Å²) in [6.07, 6.45) is 10.8. The van der Waals surface area contributed by atoms with E-state index in [4.69, 9.17) is 34.8 Å². The summed E-state index contributed by atoms with van der Waals surface area (Å²) in [6.45, 7) is 9.16. The Morgan fingerprint density at radius 1 is 1.24 bits per heavy atom. The van der Waals surface area contributed by atoms with E-state index in [2.05, 4.69) is 17.2 Å². The number of hydrogen-bond acceptors (Lipinski definition) is 3. The Balaban J connectivity index is 2.24. The highest BCUT2D eigenvalue weighted by atomic mass is 35.5. The molecule has 2 rings (SSSR count). The maximum Gasteiger partial charge on any atom is 0.123 e. The second-order valence-corrected chi connectivity index (χ2v) is 11.2. The van der Waals surface area contributed by atoms with Crippen molar-refractivity contribution >= 4 is 41.1 Å². The van der Waals surface area contributed by atoms with Crippen molar-refractivity contribution in [1.82, 2.24) is 10.6 Å². The van der Waals surface area contributed by atoms with Crippen molar-refractivity contribution in [3.63, 3.8) is 0 Å². The zero-order chi connectivity index (χ0) is 27.4. The van der Waals surface area contributed by atoms with Gasteiger partial charge in [-0.15, -0.1) is 0 Å². The molecule has 0 saturated heterocycles. The van der Waals surface area contributed by atoms with Crippen molar-refractivity contribution in [2.24, 2.45) is 17.8 Å². The average molecular weight is 570 g/mol. The largest absolute Gasteiger partial charge is 0.391 e. The average Bonchev–Trinajstić information content (AvgIpc) is 2.86. The molecule has 37 heavy (non-hydrogen) atoms. The molecule has 7 heteroatoms. The molecular formula is C30H40Cl3FN2O. The maximum atomic E-state index is 13.8. The lowest BCUT2D eigenvalue weighted by Gasteiger charge is -2.43. The lowest BCUT2D eigenvalue weighted by atomic mass is 9.63. The van der Waals surface area contributed by atoms with Crippen LogP contribution in [-0.2, 0) is 4.79 Å². The zero-order valence-electron chi connectivity index (χ0n) is 22.1. The number of hydrogen-bond donors (Lipinski definition) is 2. The number of halogens is 4. The summed E-state index contributed by atoms with van der Waals surface area (Å²) in [4.78, 5) is 12.2. The Hall–Kier alpha value is -1.59. The maximum absolute atomic E-state index is 13.8. The van der Waals surface area contributed by atoms with Crippen molar-refractivity contribution in [1.29, 1.82) is 0 Å². The first-order valence-corrected chi connectivity index (χ1v) is 14.1. The Morgan fingerprint density at radius 2 is 2.00 bits per heavy atom. The fourth-order valence-electron chi connectivity index (χ4n) is 5.25. The predicted molar refractivity (Wildman–Crippen MR) is 157 cm³/mol. The van der Waals surface area contributed by atoms with Gasteiger partial charge in [0.1, 0.15) is 12.5 Å². The Kier molecular flexibility index (Phi) is 14.0. The van der Waals surface area contributed by atoms with E-state index in [9.17, 15) is 9.18 Å². The molecule has 5 unspecified atom stereocenters. The van der Waals surface area contributed by atoms with Crippen LogP contribution in [0.5, 0.6) is 0 Å². The topological polar surface area (TPSA) is 41.1 Å². The van der Waals surface area contributed by atoms with E-state index < -0.39 is 6.17 Å². The number of carbonyl (C=O) groups excluding carboxylic acids is 1. The van der Waals surface area contributed by atoms with Gasteiger partial charge in [-0.3, -0.25) is 0 Å². The van der Waals surface area contributed by atoms with Gasteiger partial charge in [-0.1, -0.05) is 65.2 Å². The van der Waals surface area contributed by atoms with Crippen LogP contribution in [0.1, 0.15) is 57.4 Å². The van der Waals surface area contributed by atoms with Crippen molar-refractivity contribution in [2.45, 2.75) is 58.0 Å². The minimum absolute atomic E-state index is 0.0173. The summed E-state index contributed by atoms with van der Waals surface area (Å²) >= 11 is 19.0. The van der Waals surface area contributed by atoms with E-state index in [1.165, 1.54) is 0 Å². The van der Waals surface area contributed by atoms with Gasteiger partial charge in [-0.2, -0.15) is 0 Å². The standard InChI is InChI=1S/C30H40Cl3FN2O/c1-5-6-24(34)11-7-20(2)15-16-36-18-27-22(19-37)9-12-26(25-13-10-23(32)17-28(25)33)30(27)29(35-4)14-8-21(3)31/h5-6,8,10,13-14,17,19,22,24,26-27,30,35-36H,2,7,9,11-12,15-16,18H2,1,3-4H3/b6-5-,21-8+,29-14-. The molecular weight excluding hydrogens is 530 g/mol. The van der Waals surface area contributed by atoms with Crippen LogP contribution in [0, 0.1) is 17.8 Å². The molecule has 0 radical (unpaired) electrons. The molecule has 0 aliphatic heterocycles. The molecule has 0 amide bonds. The van der Waals surface area contributed by atoms with Gasteiger partial charge in [-0.25, -0.2) is 4.39 Å². The Bertz CT molecular complexity index is 987. The van der Waals surface area contributed by atoms with Gasteiger partial charge in [0, 0.05) is 39.7 Å². The summed E-state index contributed by atoms with van der Waals surface area (Å²) < 4.78 is 13.8. The zero-order valence-corrected chi connectivity index (χ0v) is 24.4. The number of benzene rings is 1. The number of rotatable bonds is 14. The molecule has 1 aromatic rings. The molecule has 1 aliphatic carbocycles. The van der Waals surface area contributed by atoms with Gasteiger partial charge in [0.15, 0.2) is 0 Å². The highest BCUT2D eigenvalue weighted by molar-refractivity contribution is 6.35. The van der Waals surface area contributed by atoms with Crippen molar-refractivity contribution in [3.8, 4) is 0 Å². The summed E-state index contributed by atoms with van der Waals surface area (Å²) in [5.74, 6) is 0.0835. The van der Waals surface area contributed by atoms with E-state index in [0.717, 1.165) is 48.9 Å². The normalized spacial score (nSPS) is 23.8. The third kappa shape index (κ3) is 9.90. The molecule has 0 spiro atoms. The quantitative estimate of drug-likeness (QED) is 0.102. The molecule has 1 fully saturated rings. The van der Waals surface area contributed by atoms with Crippen molar-refractivity contribution in [2.75, 3.05) is 20.1 Å². The van der Waals surface area contributed by atoms with Crippen LogP contribution in [0.15, 0.2) is 65.4 Å². The van der Waals surface area contributed by atoms with Gasteiger partial charge in [0.05, 0.1) is 0 Å². The third-order valence-corrected chi connectivity index (χ3v) is 7.83. The van der Waals surface area contributed by atoms with Crippen LogP contribution in [0.25, 0.3) is 0 Å². The second-order valence-electron chi connectivity index (χ2n) is 9.75. The van der Waals surface area contributed by atoms with Gasteiger partial charge in [-0.05, 0) is 101 Å². The molecule has 1 aromatic carbocycles. The number of allylic oxidation sites excluding steroid dienone is 6. The van der Waals surface area contributed by atoms with Crippen LogP contribution in [-0.4, -0.2) is 32.6 Å². The monoisotopic (exact) mass is 568 g/mol. The molecule has 0 heterocycles. The molecule has 5 atom stereocenters. The first-order chi connectivity index (χ1) is 17.7. The fraction of sp³-hybridized carbons (Fsp3) is 0.500. The van der Waals surface area contributed by atoms with Gasteiger partial charge in [0.25, 0.3) is 0 Å². The molecule has 204 valence electrons. The number of carbonyl (C=O) groups is 1. The Labute approximate surface area is 237 Å². The van der Waals surface area contributed by atoms with Crippen LogP contribution in [0.3, 0.4) is 0 Å². The summed E-state index contributed by atoms with van der Waals surface area (Å²) in [5, 5.41) is 8.83. The smallest absolute Gasteiger partial charge is 0.123 e. The lowest BCUT2D eigenvalue weighted by molar-refractivity contribution is -0.114. The van der Waals surface area contributed by atoms with Gasteiger partial charge >= 0.3 is 0 Å². The van der Waals surface area contributed by atoms with Gasteiger partial charge < -0.3 is 15.4 Å². The SMILES string of the molecule is C=C(CCNCC1C(C=O)CCC(c2ccc(Cl)cc2Cl)C1/C(=C/C=C(\C)Cl)NC)CCC(F)/C=C\C. The van der Waals surface area contributed by atoms with E-state index in [0.29, 0.717) is 34.5 Å². The molecule has 0 bridgehead atoms. The fourth-order valence-corrected chi connectivity index (χ4v) is 5.86. The Morgan fingerprint density at radius 3 is 2.62 bits per heavy atom. The summed E-state index contributed by atoms with van der Waals surface area (Å²) in [7, 11) is 1.90. The van der Waals surface area contributed by atoms with Gasteiger partial charge in [0.2, 0.25) is 0 Å². The lowest BCUT2D eigenvalue weighted by Crippen LogP contribution is -2.43.